The maximum Gasteiger partial charge on any atom is 0.252 e. The van der Waals surface area contributed by atoms with Gasteiger partial charge in [0.05, 0.1) is 12.1 Å². The van der Waals surface area contributed by atoms with Crippen LogP contribution in [-0.4, -0.2) is 17.6 Å². The van der Waals surface area contributed by atoms with Gasteiger partial charge in [-0.15, -0.1) is 0 Å². The van der Waals surface area contributed by atoms with Crippen LogP contribution in [-0.2, 0) is 5.60 Å². The van der Waals surface area contributed by atoms with E-state index in [-0.39, 0.29) is 18.3 Å². The first kappa shape index (κ1) is 14.7. The second-order valence-corrected chi connectivity index (χ2v) is 5.68. The highest BCUT2D eigenvalue weighted by Gasteiger charge is 2.24. The Hall–Kier alpha value is -1.72. The summed E-state index contributed by atoms with van der Waals surface area (Å²) in [5.74, 6) is -0.575. The quantitative estimate of drug-likeness (QED) is 0.910. The van der Waals surface area contributed by atoms with E-state index in [9.17, 15) is 14.3 Å². The minimum atomic E-state index is -1.24. The van der Waals surface area contributed by atoms with Crippen molar-refractivity contribution < 1.29 is 14.3 Å². The Labute approximate surface area is 121 Å². The second-order valence-electron chi connectivity index (χ2n) is 4.93. The summed E-state index contributed by atoms with van der Waals surface area (Å²) in [4.78, 5) is 12.0. The van der Waals surface area contributed by atoms with Crippen molar-refractivity contribution in [2.24, 2.45) is 0 Å². The van der Waals surface area contributed by atoms with Crippen LogP contribution in [0.1, 0.15) is 28.4 Å². The lowest BCUT2D eigenvalue weighted by atomic mass is 9.96. The molecule has 1 heterocycles. The molecule has 1 amide bonds. The molecule has 2 N–H and O–H groups in total. The van der Waals surface area contributed by atoms with E-state index in [0.717, 1.165) is 5.56 Å². The maximum absolute atomic E-state index is 12.9. The Bertz CT molecular complexity index is 605. The monoisotopic (exact) mass is 293 g/mol. The SMILES string of the molecule is Cc1cscc1C(=O)NCC(C)(O)c1ccc(F)cc1. The van der Waals surface area contributed by atoms with Crippen molar-refractivity contribution in [1.29, 1.82) is 0 Å². The minimum Gasteiger partial charge on any atom is -0.384 e. The van der Waals surface area contributed by atoms with Crippen molar-refractivity contribution in [3.05, 3.63) is 57.5 Å². The number of amides is 1. The molecule has 2 rings (SSSR count). The normalized spacial score (nSPS) is 13.8. The topological polar surface area (TPSA) is 49.3 Å². The molecule has 1 aromatic heterocycles. The lowest BCUT2D eigenvalue weighted by molar-refractivity contribution is 0.0526. The molecule has 0 saturated heterocycles. The number of aryl methyl sites for hydroxylation is 1. The number of nitrogens with one attached hydrogen (secondary N) is 1. The Morgan fingerprint density at radius 3 is 2.55 bits per heavy atom. The van der Waals surface area contributed by atoms with Crippen LogP contribution in [0.2, 0.25) is 0 Å². The van der Waals surface area contributed by atoms with E-state index in [1.807, 2.05) is 12.3 Å². The molecule has 0 saturated carbocycles. The van der Waals surface area contributed by atoms with Crippen LogP contribution in [0.25, 0.3) is 0 Å². The van der Waals surface area contributed by atoms with Crippen LogP contribution in [0.3, 0.4) is 0 Å². The number of aliphatic hydroxyl groups is 1. The zero-order valence-electron chi connectivity index (χ0n) is 11.3. The number of hydrogen-bond acceptors (Lipinski definition) is 3. The zero-order chi connectivity index (χ0) is 14.8. The largest absolute Gasteiger partial charge is 0.384 e. The summed E-state index contributed by atoms with van der Waals surface area (Å²) in [6.45, 7) is 3.51. The first-order valence-electron chi connectivity index (χ1n) is 6.19. The molecule has 20 heavy (non-hydrogen) atoms. The lowest BCUT2D eigenvalue weighted by Gasteiger charge is -2.24. The Morgan fingerprint density at radius 2 is 2.00 bits per heavy atom. The number of benzene rings is 1. The molecule has 106 valence electrons. The molecule has 0 aliphatic carbocycles. The van der Waals surface area contributed by atoms with Gasteiger partial charge in [-0.2, -0.15) is 11.3 Å². The maximum atomic E-state index is 12.9. The van der Waals surface area contributed by atoms with Crippen molar-refractivity contribution in [3.63, 3.8) is 0 Å². The van der Waals surface area contributed by atoms with Crippen LogP contribution < -0.4 is 5.32 Å². The van der Waals surface area contributed by atoms with Gasteiger partial charge in [-0.25, -0.2) is 4.39 Å². The third kappa shape index (κ3) is 3.23. The van der Waals surface area contributed by atoms with Gasteiger partial charge < -0.3 is 10.4 Å². The van der Waals surface area contributed by atoms with Crippen molar-refractivity contribution in [3.8, 4) is 0 Å². The molecule has 1 unspecified atom stereocenters. The first-order valence-corrected chi connectivity index (χ1v) is 7.14. The van der Waals surface area contributed by atoms with Crippen LogP contribution >= 0.6 is 11.3 Å². The molecule has 5 heteroatoms. The van der Waals surface area contributed by atoms with Gasteiger partial charge in [0.25, 0.3) is 5.91 Å². The highest BCUT2D eigenvalue weighted by molar-refractivity contribution is 7.08. The van der Waals surface area contributed by atoms with Crippen LogP contribution in [0.15, 0.2) is 35.0 Å². The van der Waals surface area contributed by atoms with Crippen LogP contribution in [0, 0.1) is 12.7 Å². The number of carbonyl (C=O) groups is 1. The van der Waals surface area contributed by atoms with Gasteiger partial charge >= 0.3 is 0 Å². The fourth-order valence-corrected chi connectivity index (χ4v) is 2.68. The molecule has 3 nitrogen and oxygen atoms in total. The second kappa shape index (κ2) is 5.73. The average molecular weight is 293 g/mol. The highest BCUT2D eigenvalue weighted by Crippen LogP contribution is 2.20. The van der Waals surface area contributed by atoms with E-state index >= 15 is 0 Å². The van der Waals surface area contributed by atoms with Crippen LogP contribution in [0.4, 0.5) is 4.39 Å². The predicted octanol–water partition coefficient (Wildman–Crippen LogP) is 2.83. The summed E-state index contributed by atoms with van der Waals surface area (Å²) < 4.78 is 12.9. The Balaban J connectivity index is 2.04. The summed E-state index contributed by atoms with van der Waals surface area (Å²) in [7, 11) is 0. The van der Waals surface area contributed by atoms with Crippen molar-refractivity contribution in [2.75, 3.05) is 6.54 Å². The smallest absolute Gasteiger partial charge is 0.252 e. The van der Waals surface area contributed by atoms with Gasteiger partial charge in [0.15, 0.2) is 0 Å². The lowest BCUT2D eigenvalue weighted by Crippen LogP contribution is -2.38. The number of thiophene rings is 1. The zero-order valence-corrected chi connectivity index (χ0v) is 12.1. The predicted molar refractivity (Wildman–Crippen MR) is 77.4 cm³/mol. The van der Waals surface area contributed by atoms with Crippen LogP contribution in [0.5, 0.6) is 0 Å². The third-order valence-corrected chi connectivity index (χ3v) is 4.02. The van der Waals surface area contributed by atoms with Gasteiger partial charge in [0.2, 0.25) is 0 Å². The van der Waals surface area contributed by atoms with E-state index in [4.69, 9.17) is 0 Å². The Morgan fingerprint density at radius 1 is 1.35 bits per heavy atom. The van der Waals surface area contributed by atoms with Gasteiger partial charge in [0, 0.05) is 5.38 Å². The molecule has 0 aliphatic heterocycles. The fraction of sp³-hybridized carbons (Fsp3) is 0.267. The summed E-state index contributed by atoms with van der Waals surface area (Å²) >= 11 is 1.46. The first-order chi connectivity index (χ1) is 9.40. The van der Waals surface area contributed by atoms with E-state index in [2.05, 4.69) is 5.32 Å². The third-order valence-electron chi connectivity index (χ3n) is 3.16. The molecule has 0 fully saturated rings. The standard InChI is InChI=1S/C15H16FNO2S/c1-10-7-20-8-13(10)14(18)17-9-15(2,19)11-3-5-12(16)6-4-11/h3-8,19H,9H2,1-2H3,(H,17,18). The van der Waals surface area contributed by atoms with E-state index in [0.29, 0.717) is 11.1 Å². The molecule has 0 aliphatic rings. The van der Waals surface area contributed by atoms with E-state index in [1.54, 1.807) is 12.3 Å². The number of halogens is 1. The molecule has 0 spiro atoms. The molecule has 1 atom stereocenters. The van der Waals surface area contributed by atoms with Crippen molar-refractivity contribution in [1.82, 2.24) is 5.32 Å². The fourth-order valence-electron chi connectivity index (χ4n) is 1.85. The summed E-state index contributed by atoms with van der Waals surface area (Å²) in [6.07, 6.45) is 0. The average Bonchev–Trinajstić information content (AvgIpc) is 2.83. The molecule has 1 aromatic carbocycles. The highest BCUT2D eigenvalue weighted by atomic mass is 32.1. The molecule has 2 aromatic rings. The van der Waals surface area contributed by atoms with Gasteiger partial charge in [-0.1, -0.05) is 12.1 Å². The molecule has 0 bridgehead atoms. The van der Waals surface area contributed by atoms with E-state index < -0.39 is 5.60 Å². The van der Waals surface area contributed by atoms with Crippen molar-refractivity contribution in [2.45, 2.75) is 19.4 Å². The minimum absolute atomic E-state index is 0.0623. The van der Waals surface area contributed by atoms with Crippen molar-refractivity contribution >= 4 is 17.2 Å². The summed E-state index contributed by atoms with van der Waals surface area (Å²) in [5, 5.41) is 16.7. The van der Waals surface area contributed by atoms with E-state index in [1.165, 1.54) is 35.6 Å². The van der Waals surface area contributed by atoms with Gasteiger partial charge in [-0.05, 0) is 42.5 Å². The molecular formula is C15H16FNO2S. The summed E-state index contributed by atoms with van der Waals surface area (Å²) in [6, 6.07) is 5.60. The van der Waals surface area contributed by atoms with Gasteiger partial charge in [-0.3, -0.25) is 4.79 Å². The number of rotatable bonds is 4. The number of hydrogen-bond donors (Lipinski definition) is 2. The number of carbonyl (C=O) groups excluding carboxylic acids is 1. The molecule has 0 radical (unpaired) electrons. The Kier molecular flexibility index (Phi) is 4.20. The van der Waals surface area contributed by atoms with Gasteiger partial charge in [0.1, 0.15) is 11.4 Å². The summed E-state index contributed by atoms with van der Waals surface area (Å²) in [5.41, 5.74) is 0.841. The molecular weight excluding hydrogens is 277 g/mol.